The molecule has 0 radical (unpaired) electrons. The van der Waals surface area contributed by atoms with Gasteiger partial charge in [0, 0.05) is 6.42 Å². The van der Waals surface area contributed by atoms with E-state index in [1.165, 1.54) is 5.56 Å². The maximum atomic E-state index is 12.4. The summed E-state index contributed by atoms with van der Waals surface area (Å²) in [5.74, 6) is 0.905. The van der Waals surface area contributed by atoms with E-state index in [0.29, 0.717) is 5.56 Å². The van der Waals surface area contributed by atoms with Gasteiger partial charge < -0.3 is 15.4 Å². The van der Waals surface area contributed by atoms with E-state index >= 15 is 0 Å². The van der Waals surface area contributed by atoms with Crippen LogP contribution in [0, 0.1) is 6.92 Å². The Bertz CT molecular complexity index is 811. The number of nitrogens with one attached hydrogen (secondary N) is 2. The summed E-state index contributed by atoms with van der Waals surface area (Å²) >= 11 is 0. The van der Waals surface area contributed by atoms with Gasteiger partial charge in [-0.25, -0.2) is 0 Å². The van der Waals surface area contributed by atoms with E-state index in [-0.39, 0.29) is 17.7 Å². The number of benzene rings is 2. The van der Waals surface area contributed by atoms with E-state index in [1.54, 1.807) is 0 Å². The zero-order valence-electron chi connectivity index (χ0n) is 13.6. The molecule has 0 spiro atoms. The molecule has 0 saturated carbocycles. The van der Waals surface area contributed by atoms with Gasteiger partial charge in [-0.05, 0) is 55.7 Å². The van der Waals surface area contributed by atoms with Crippen molar-refractivity contribution in [2.24, 2.45) is 0 Å². The summed E-state index contributed by atoms with van der Waals surface area (Å²) in [6, 6.07) is 11.9. The van der Waals surface area contributed by atoms with Crippen LogP contribution in [-0.2, 0) is 6.42 Å². The minimum Gasteiger partial charge on any atom is -0.487 e. The zero-order chi connectivity index (χ0) is 16.2. The second-order valence-electron chi connectivity index (χ2n) is 6.95. The predicted molar refractivity (Wildman–Crippen MR) is 89.9 cm³/mol. The average molecular weight is 308 g/mol. The third-order valence-electron chi connectivity index (χ3n) is 4.50. The Morgan fingerprint density at radius 2 is 2.00 bits per heavy atom. The second-order valence-corrected chi connectivity index (χ2v) is 6.95. The van der Waals surface area contributed by atoms with Crippen molar-refractivity contribution in [3.05, 3.63) is 58.7 Å². The van der Waals surface area contributed by atoms with Gasteiger partial charge in [0.1, 0.15) is 17.5 Å². The Balaban J connectivity index is 1.69. The largest absolute Gasteiger partial charge is 0.487 e. The van der Waals surface area contributed by atoms with Gasteiger partial charge in [-0.3, -0.25) is 4.79 Å². The third kappa shape index (κ3) is 2.34. The molecule has 0 fully saturated rings. The summed E-state index contributed by atoms with van der Waals surface area (Å²) < 4.78 is 5.93. The highest BCUT2D eigenvalue weighted by Crippen LogP contribution is 2.37. The normalized spacial score (nSPS) is 20.8. The van der Waals surface area contributed by atoms with Gasteiger partial charge in [-0.1, -0.05) is 18.2 Å². The Labute approximate surface area is 135 Å². The minimum atomic E-state index is -0.217. The van der Waals surface area contributed by atoms with E-state index in [2.05, 4.69) is 30.5 Å². The van der Waals surface area contributed by atoms with Gasteiger partial charge >= 0.3 is 0 Å². The standard InChI is InChI=1S/C19H20N2O2/c1-11-5-4-6-14-16(11)20-17(21-18(14)22)12-7-8-15-13(9-12)10-19(2,3)23-15/h4-9,17,20H,10H2,1-3H3,(H,21,22)/t17-/m0/s1. The number of anilines is 1. The van der Waals surface area contributed by atoms with Gasteiger partial charge in [0.2, 0.25) is 0 Å². The molecule has 0 aliphatic carbocycles. The molecule has 1 amide bonds. The van der Waals surface area contributed by atoms with Crippen LogP contribution >= 0.6 is 0 Å². The van der Waals surface area contributed by atoms with Crippen LogP contribution in [0.4, 0.5) is 5.69 Å². The van der Waals surface area contributed by atoms with E-state index in [9.17, 15) is 4.79 Å². The number of hydrogen-bond donors (Lipinski definition) is 2. The van der Waals surface area contributed by atoms with Gasteiger partial charge in [-0.15, -0.1) is 0 Å². The summed E-state index contributed by atoms with van der Waals surface area (Å²) in [6.07, 6.45) is 0.664. The molecule has 1 atom stereocenters. The van der Waals surface area contributed by atoms with Gasteiger partial charge in [0.25, 0.3) is 5.91 Å². The first-order chi connectivity index (χ1) is 10.9. The SMILES string of the molecule is Cc1cccc2c1N[C@H](c1ccc3c(c1)CC(C)(C)O3)NC2=O. The molecule has 0 aromatic heterocycles. The van der Waals surface area contributed by atoms with E-state index in [1.807, 2.05) is 37.3 Å². The zero-order valence-corrected chi connectivity index (χ0v) is 13.6. The molecule has 2 heterocycles. The average Bonchev–Trinajstić information content (AvgIpc) is 2.81. The quantitative estimate of drug-likeness (QED) is 0.847. The lowest BCUT2D eigenvalue weighted by atomic mass is 9.98. The van der Waals surface area contributed by atoms with Crippen LogP contribution in [0.2, 0.25) is 0 Å². The highest BCUT2D eigenvalue weighted by Gasteiger charge is 2.31. The van der Waals surface area contributed by atoms with E-state index in [0.717, 1.165) is 29.0 Å². The number of amides is 1. The third-order valence-corrected chi connectivity index (χ3v) is 4.50. The number of hydrogen-bond acceptors (Lipinski definition) is 3. The van der Waals surface area contributed by atoms with Crippen molar-refractivity contribution in [3.8, 4) is 5.75 Å². The number of para-hydroxylation sites is 1. The van der Waals surface area contributed by atoms with Crippen LogP contribution in [0.15, 0.2) is 36.4 Å². The number of aryl methyl sites for hydroxylation is 1. The van der Waals surface area contributed by atoms with Crippen LogP contribution < -0.4 is 15.4 Å². The van der Waals surface area contributed by atoms with Crippen LogP contribution in [0.25, 0.3) is 0 Å². The van der Waals surface area contributed by atoms with Crippen molar-refractivity contribution in [2.45, 2.75) is 39.0 Å². The fraction of sp³-hybridized carbons (Fsp3) is 0.316. The molecular weight excluding hydrogens is 288 g/mol. The molecule has 2 aromatic rings. The lowest BCUT2D eigenvalue weighted by molar-refractivity contribution is 0.0935. The maximum absolute atomic E-state index is 12.4. The molecule has 118 valence electrons. The number of carbonyl (C=O) groups excluding carboxylic acids is 1. The molecule has 2 aliphatic heterocycles. The number of carbonyl (C=O) groups is 1. The Morgan fingerprint density at radius 1 is 1.17 bits per heavy atom. The number of rotatable bonds is 1. The van der Waals surface area contributed by atoms with Crippen molar-refractivity contribution < 1.29 is 9.53 Å². The summed E-state index contributed by atoms with van der Waals surface area (Å²) in [5, 5.41) is 6.49. The van der Waals surface area contributed by atoms with E-state index in [4.69, 9.17) is 4.74 Å². The summed E-state index contributed by atoms with van der Waals surface area (Å²) in [4.78, 5) is 12.4. The van der Waals surface area contributed by atoms with Crippen LogP contribution in [-0.4, -0.2) is 11.5 Å². The highest BCUT2D eigenvalue weighted by atomic mass is 16.5. The molecule has 0 bridgehead atoms. The van der Waals surface area contributed by atoms with Crippen molar-refractivity contribution in [2.75, 3.05) is 5.32 Å². The Hall–Kier alpha value is -2.49. The summed E-state index contributed by atoms with van der Waals surface area (Å²) in [7, 11) is 0. The molecule has 4 nitrogen and oxygen atoms in total. The Morgan fingerprint density at radius 3 is 2.83 bits per heavy atom. The first kappa shape index (κ1) is 14.1. The van der Waals surface area contributed by atoms with Gasteiger partial charge in [0.15, 0.2) is 0 Å². The van der Waals surface area contributed by atoms with Crippen molar-refractivity contribution >= 4 is 11.6 Å². The molecule has 2 aliphatic rings. The molecule has 0 unspecified atom stereocenters. The Kier molecular flexibility index (Phi) is 2.92. The van der Waals surface area contributed by atoms with Crippen LogP contribution in [0.1, 0.15) is 47.1 Å². The van der Waals surface area contributed by atoms with Gasteiger partial charge in [0.05, 0.1) is 11.3 Å². The van der Waals surface area contributed by atoms with Crippen molar-refractivity contribution in [1.82, 2.24) is 5.32 Å². The molecule has 2 N–H and O–H groups in total. The summed E-state index contributed by atoms with van der Waals surface area (Å²) in [5.41, 5.74) is 4.78. The topological polar surface area (TPSA) is 50.4 Å². The lowest BCUT2D eigenvalue weighted by Crippen LogP contribution is -2.38. The van der Waals surface area contributed by atoms with Crippen molar-refractivity contribution in [3.63, 3.8) is 0 Å². The smallest absolute Gasteiger partial charge is 0.255 e. The lowest BCUT2D eigenvalue weighted by Gasteiger charge is -2.29. The molecule has 2 aromatic carbocycles. The molecular formula is C19H20N2O2. The molecule has 4 rings (SSSR count). The summed E-state index contributed by atoms with van der Waals surface area (Å²) in [6.45, 7) is 6.19. The van der Waals surface area contributed by atoms with Crippen molar-refractivity contribution in [1.29, 1.82) is 0 Å². The second kappa shape index (κ2) is 4.75. The van der Waals surface area contributed by atoms with E-state index < -0.39 is 0 Å². The number of fused-ring (bicyclic) bond motifs is 2. The minimum absolute atomic E-state index is 0.0375. The highest BCUT2D eigenvalue weighted by molar-refractivity contribution is 6.02. The number of ether oxygens (including phenoxy) is 1. The first-order valence-electron chi connectivity index (χ1n) is 7.92. The molecule has 4 heteroatoms. The van der Waals surface area contributed by atoms with Gasteiger partial charge in [-0.2, -0.15) is 0 Å². The maximum Gasteiger partial charge on any atom is 0.255 e. The fourth-order valence-electron chi connectivity index (χ4n) is 3.41. The van der Waals surface area contributed by atoms with Crippen LogP contribution in [0.5, 0.6) is 5.75 Å². The fourth-order valence-corrected chi connectivity index (χ4v) is 3.41. The predicted octanol–water partition coefficient (Wildman–Crippen LogP) is 3.56. The monoisotopic (exact) mass is 308 g/mol. The van der Waals surface area contributed by atoms with Crippen LogP contribution in [0.3, 0.4) is 0 Å². The molecule has 0 saturated heterocycles. The molecule has 23 heavy (non-hydrogen) atoms. The first-order valence-corrected chi connectivity index (χ1v) is 7.92.